The first-order chi connectivity index (χ1) is 5.84. The van der Waals surface area contributed by atoms with Crippen LogP contribution in [0.5, 0.6) is 0 Å². The first-order valence-electron chi connectivity index (χ1n) is 4.22. The summed E-state index contributed by atoms with van der Waals surface area (Å²) in [5.41, 5.74) is 4.84. The Balaban J connectivity index is 2.81. The predicted molar refractivity (Wildman–Crippen MR) is 47.6 cm³/mol. The molecular weight excluding hydrogens is 170 g/mol. The fourth-order valence-corrected chi connectivity index (χ4v) is 1.39. The smallest absolute Gasteiger partial charge is 0.241 e. The van der Waals surface area contributed by atoms with Crippen molar-refractivity contribution in [3.05, 3.63) is 0 Å². The van der Waals surface area contributed by atoms with Crippen LogP contribution in [0.4, 0.5) is 0 Å². The van der Waals surface area contributed by atoms with Gasteiger partial charge in [-0.15, -0.1) is 0 Å². The van der Waals surface area contributed by atoms with E-state index in [2.05, 4.69) is 5.32 Å². The third-order valence-electron chi connectivity index (χ3n) is 2.08. The highest BCUT2D eigenvalue weighted by molar-refractivity contribution is 5.91. The van der Waals surface area contributed by atoms with Gasteiger partial charge in [-0.05, 0) is 20.8 Å². The SMILES string of the molecule is CC(N)C(=O)N1CC(=O)NC1(C)C. The van der Waals surface area contributed by atoms with Crippen LogP contribution < -0.4 is 11.1 Å². The summed E-state index contributed by atoms with van der Waals surface area (Å²) in [6, 6.07) is -0.563. The van der Waals surface area contributed by atoms with Gasteiger partial charge in [0.1, 0.15) is 12.2 Å². The number of rotatable bonds is 1. The van der Waals surface area contributed by atoms with E-state index in [9.17, 15) is 9.59 Å². The molecule has 0 saturated carbocycles. The molecule has 0 aliphatic carbocycles. The van der Waals surface area contributed by atoms with E-state index < -0.39 is 11.7 Å². The van der Waals surface area contributed by atoms with Crippen molar-refractivity contribution >= 4 is 11.8 Å². The zero-order valence-electron chi connectivity index (χ0n) is 8.13. The first kappa shape index (κ1) is 9.98. The molecule has 1 fully saturated rings. The number of nitrogens with one attached hydrogen (secondary N) is 1. The van der Waals surface area contributed by atoms with E-state index in [4.69, 9.17) is 5.73 Å². The molecule has 0 aromatic carbocycles. The molecule has 1 unspecified atom stereocenters. The molecule has 1 aliphatic rings. The van der Waals surface area contributed by atoms with Gasteiger partial charge >= 0.3 is 0 Å². The maximum Gasteiger partial charge on any atom is 0.241 e. The van der Waals surface area contributed by atoms with Crippen molar-refractivity contribution in [1.29, 1.82) is 0 Å². The van der Waals surface area contributed by atoms with Crippen molar-refractivity contribution in [1.82, 2.24) is 10.2 Å². The van der Waals surface area contributed by atoms with E-state index in [1.165, 1.54) is 4.90 Å². The third-order valence-corrected chi connectivity index (χ3v) is 2.08. The Morgan fingerprint density at radius 2 is 2.23 bits per heavy atom. The predicted octanol–water partition coefficient (Wildman–Crippen LogP) is -0.972. The Hall–Kier alpha value is -1.10. The van der Waals surface area contributed by atoms with E-state index in [0.717, 1.165) is 0 Å². The third kappa shape index (κ3) is 1.80. The number of carbonyl (C=O) groups is 2. The van der Waals surface area contributed by atoms with Crippen LogP contribution >= 0.6 is 0 Å². The summed E-state index contributed by atoms with van der Waals surface area (Å²) in [4.78, 5) is 24.0. The van der Waals surface area contributed by atoms with Crippen LogP contribution in [0.3, 0.4) is 0 Å². The van der Waals surface area contributed by atoms with Crippen molar-refractivity contribution < 1.29 is 9.59 Å². The van der Waals surface area contributed by atoms with Crippen LogP contribution in [0, 0.1) is 0 Å². The Labute approximate surface area is 77.3 Å². The van der Waals surface area contributed by atoms with Crippen molar-refractivity contribution in [2.75, 3.05) is 6.54 Å². The lowest BCUT2D eigenvalue weighted by Gasteiger charge is -2.31. The Bertz CT molecular complexity index is 248. The number of hydrogen-bond donors (Lipinski definition) is 2. The number of amides is 2. The molecule has 0 spiro atoms. The van der Waals surface area contributed by atoms with E-state index >= 15 is 0 Å². The molecule has 1 aliphatic heterocycles. The average Bonchev–Trinajstić information content (AvgIpc) is 2.22. The molecule has 0 aromatic heterocycles. The molecule has 0 aromatic rings. The summed E-state index contributed by atoms with van der Waals surface area (Å²) in [5.74, 6) is -0.345. The molecule has 1 saturated heterocycles. The van der Waals surface area contributed by atoms with Gasteiger partial charge in [0, 0.05) is 0 Å². The van der Waals surface area contributed by atoms with Gasteiger partial charge in [0.05, 0.1) is 6.04 Å². The van der Waals surface area contributed by atoms with E-state index in [1.807, 2.05) is 0 Å². The second-order valence-corrected chi connectivity index (χ2v) is 3.82. The first-order valence-corrected chi connectivity index (χ1v) is 4.22. The zero-order valence-corrected chi connectivity index (χ0v) is 8.13. The highest BCUT2D eigenvalue weighted by atomic mass is 16.2. The molecule has 5 nitrogen and oxygen atoms in total. The van der Waals surface area contributed by atoms with Crippen LogP contribution in [0.2, 0.25) is 0 Å². The molecule has 2 amide bonds. The highest BCUT2D eigenvalue weighted by Gasteiger charge is 2.40. The number of carbonyl (C=O) groups excluding carboxylic acids is 2. The Kier molecular flexibility index (Phi) is 2.30. The minimum atomic E-state index is -0.609. The van der Waals surface area contributed by atoms with Crippen LogP contribution in [0.15, 0.2) is 0 Å². The molecule has 1 atom stereocenters. The summed E-state index contributed by atoms with van der Waals surface area (Å²) in [7, 11) is 0. The van der Waals surface area contributed by atoms with Gasteiger partial charge < -0.3 is 16.0 Å². The maximum atomic E-state index is 11.5. The Morgan fingerprint density at radius 3 is 2.54 bits per heavy atom. The van der Waals surface area contributed by atoms with Crippen molar-refractivity contribution in [3.63, 3.8) is 0 Å². The van der Waals surface area contributed by atoms with Gasteiger partial charge in [0.15, 0.2) is 0 Å². The molecule has 1 heterocycles. The van der Waals surface area contributed by atoms with E-state index in [-0.39, 0.29) is 18.4 Å². The average molecular weight is 185 g/mol. The lowest BCUT2D eigenvalue weighted by molar-refractivity contribution is -0.136. The lowest BCUT2D eigenvalue weighted by atomic mass is 10.2. The summed E-state index contributed by atoms with van der Waals surface area (Å²) in [5, 5.41) is 2.69. The largest absolute Gasteiger partial charge is 0.332 e. The topological polar surface area (TPSA) is 75.4 Å². The van der Waals surface area contributed by atoms with Gasteiger partial charge in [-0.25, -0.2) is 0 Å². The van der Waals surface area contributed by atoms with Gasteiger partial charge in [-0.2, -0.15) is 0 Å². The number of hydrogen-bond acceptors (Lipinski definition) is 3. The second-order valence-electron chi connectivity index (χ2n) is 3.82. The molecule has 0 radical (unpaired) electrons. The standard InChI is InChI=1S/C8H15N3O2/c1-5(9)7(13)11-4-6(12)10-8(11,2)3/h5H,4,9H2,1-3H3,(H,10,12). The van der Waals surface area contributed by atoms with E-state index in [1.54, 1.807) is 20.8 Å². The summed E-state index contributed by atoms with van der Waals surface area (Å²) >= 11 is 0. The summed E-state index contributed by atoms with van der Waals surface area (Å²) in [6.07, 6.45) is 0. The van der Waals surface area contributed by atoms with Crippen molar-refractivity contribution in [2.24, 2.45) is 5.73 Å². The zero-order chi connectivity index (χ0) is 10.2. The molecule has 74 valence electrons. The van der Waals surface area contributed by atoms with Crippen LogP contribution in [-0.4, -0.2) is 35.0 Å². The number of nitrogens with zero attached hydrogens (tertiary/aromatic N) is 1. The monoisotopic (exact) mass is 185 g/mol. The minimum absolute atomic E-state index is 0.105. The normalized spacial score (nSPS) is 22.8. The Morgan fingerprint density at radius 1 is 1.69 bits per heavy atom. The highest BCUT2D eigenvalue weighted by Crippen LogP contribution is 2.16. The maximum absolute atomic E-state index is 11.5. The van der Waals surface area contributed by atoms with Crippen LogP contribution in [0.25, 0.3) is 0 Å². The summed E-state index contributed by atoms with van der Waals surface area (Å²) in [6.45, 7) is 5.27. The molecule has 3 N–H and O–H groups in total. The van der Waals surface area contributed by atoms with Crippen molar-refractivity contribution in [3.8, 4) is 0 Å². The number of nitrogens with two attached hydrogens (primary N) is 1. The van der Waals surface area contributed by atoms with E-state index in [0.29, 0.717) is 0 Å². The fraction of sp³-hybridized carbons (Fsp3) is 0.750. The minimum Gasteiger partial charge on any atom is -0.332 e. The van der Waals surface area contributed by atoms with Crippen molar-refractivity contribution in [2.45, 2.75) is 32.5 Å². The quantitative estimate of drug-likeness (QED) is 0.552. The lowest BCUT2D eigenvalue weighted by Crippen LogP contribution is -2.53. The van der Waals surface area contributed by atoms with Gasteiger partial charge in [0.25, 0.3) is 0 Å². The fourth-order valence-electron chi connectivity index (χ4n) is 1.39. The van der Waals surface area contributed by atoms with Gasteiger partial charge in [-0.1, -0.05) is 0 Å². The summed E-state index contributed by atoms with van der Waals surface area (Å²) < 4.78 is 0. The molecule has 1 rings (SSSR count). The van der Waals surface area contributed by atoms with Crippen LogP contribution in [-0.2, 0) is 9.59 Å². The molecule has 13 heavy (non-hydrogen) atoms. The molecule has 0 bridgehead atoms. The van der Waals surface area contributed by atoms with Gasteiger partial charge in [-0.3, -0.25) is 9.59 Å². The molecule has 5 heteroatoms. The molecular formula is C8H15N3O2. The van der Waals surface area contributed by atoms with Gasteiger partial charge in [0.2, 0.25) is 11.8 Å². The second kappa shape index (κ2) is 2.99. The van der Waals surface area contributed by atoms with Crippen LogP contribution in [0.1, 0.15) is 20.8 Å².